The van der Waals surface area contributed by atoms with Crippen LogP contribution < -0.4 is 0 Å². The zero-order chi connectivity index (χ0) is 25.1. The highest BCUT2D eigenvalue weighted by atomic mass is 16.3. The number of fused-ring (bicyclic) bond motifs is 7. The number of aliphatic hydroxyl groups is 4. The van der Waals surface area contributed by atoms with E-state index in [2.05, 4.69) is 54.5 Å². The zero-order valence-electron chi connectivity index (χ0n) is 22.6. The van der Waals surface area contributed by atoms with Gasteiger partial charge in [-0.05, 0) is 90.3 Å². The van der Waals surface area contributed by atoms with Crippen LogP contribution in [-0.2, 0) is 0 Å². The Bertz CT molecular complexity index is 864. The normalized spacial score (nSPS) is 56.2. The van der Waals surface area contributed by atoms with Crippen LogP contribution in [0.4, 0.5) is 0 Å². The summed E-state index contributed by atoms with van der Waals surface area (Å²) >= 11 is 0. The minimum Gasteiger partial charge on any atom is -0.395 e. The fourth-order valence-corrected chi connectivity index (χ4v) is 11.3. The molecule has 0 saturated heterocycles. The third-order valence-electron chi connectivity index (χ3n) is 13.2. The van der Waals surface area contributed by atoms with E-state index in [4.69, 9.17) is 0 Å². The standard InChI is InChI=1S/C30H50O4/c1-17(2)19-14-21(33)25-27(19,5)12-13-28(6)24-18(8-10-29(25,28)7)30(16-31)11-9-23(34)26(3,4)22(30)15-20(24)32/h8,17,19-25,31-34H,9-16H2,1-7H3. The Morgan fingerprint density at radius 2 is 1.59 bits per heavy atom. The van der Waals surface area contributed by atoms with Crippen LogP contribution in [0.25, 0.3) is 0 Å². The quantitative estimate of drug-likeness (QED) is 0.428. The van der Waals surface area contributed by atoms with E-state index in [0.29, 0.717) is 24.7 Å². The third-order valence-corrected chi connectivity index (χ3v) is 13.2. The molecule has 5 rings (SSSR count). The van der Waals surface area contributed by atoms with Crippen molar-refractivity contribution in [3.63, 3.8) is 0 Å². The molecule has 0 aromatic rings. The Morgan fingerprint density at radius 3 is 2.21 bits per heavy atom. The van der Waals surface area contributed by atoms with Gasteiger partial charge in [-0.15, -0.1) is 0 Å². The Balaban J connectivity index is 1.63. The molecule has 0 spiro atoms. The minimum absolute atomic E-state index is 0.00976. The zero-order valence-corrected chi connectivity index (χ0v) is 22.6. The average Bonchev–Trinajstić information content (AvgIpc) is 3.04. The lowest BCUT2D eigenvalue weighted by Crippen LogP contribution is -2.67. The number of rotatable bonds is 2. The molecule has 194 valence electrons. The van der Waals surface area contributed by atoms with Gasteiger partial charge in [-0.1, -0.05) is 60.1 Å². The van der Waals surface area contributed by atoms with E-state index in [9.17, 15) is 20.4 Å². The summed E-state index contributed by atoms with van der Waals surface area (Å²) in [5.41, 5.74) is 0.488. The maximum Gasteiger partial charge on any atom is 0.0614 e. The molecule has 4 fully saturated rings. The number of aliphatic hydroxyl groups excluding tert-OH is 4. The van der Waals surface area contributed by atoms with Crippen molar-refractivity contribution in [2.24, 2.45) is 56.7 Å². The smallest absolute Gasteiger partial charge is 0.0614 e. The second-order valence-electron chi connectivity index (χ2n) is 14.9. The topological polar surface area (TPSA) is 80.9 Å². The Labute approximate surface area is 207 Å². The van der Waals surface area contributed by atoms with Crippen LogP contribution in [0, 0.1) is 56.7 Å². The van der Waals surface area contributed by atoms with E-state index in [-0.39, 0.29) is 57.5 Å². The molecule has 0 aliphatic heterocycles. The van der Waals surface area contributed by atoms with E-state index >= 15 is 0 Å². The average molecular weight is 475 g/mol. The van der Waals surface area contributed by atoms with E-state index < -0.39 is 12.2 Å². The number of hydrogen-bond donors (Lipinski definition) is 4. The molecule has 0 bridgehead atoms. The molecule has 4 heteroatoms. The summed E-state index contributed by atoms with van der Waals surface area (Å²) in [7, 11) is 0. The van der Waals surface area contributed by atoms with Crippen molar-refractivity contribution in [2.45, 2.75) is 112 Å². The van der Waals surface area contributed by atoms with Gasteiger partial charge in [0.15, 0.2) is 0 Å². The molecular formula is C30H50O4. The van der Waals surface area contributed by atoms with Crippen molar-refractivity contribution in [3.05, 3.63) is 11.6 Å². The molecule has 11 atom stereocenters. The second kappa shape index (κ2) is 7.55. The molecule has 34 heavy (non-hydrogen) atoms. The lowest BCUT2D eigenvalue weighted by atomic mass is 9.35. The number of allylic oxidation sites excluding steroid dienone is 1. The fraction of sp³-hybridized carbons (Fsp3) is 0.933. The maximum absolute atomic E-state index is 11.8. The van der Waals surface area contributed by atoms with Gasteiger partial charge in [-0.25, -0.2) is 0 Å². The minimum atomic E-state index is -0.478. The molecule has 0 aromatic carbocycles. The first kappa shape index (κ1) is 25.2. The van der Waals surface area contributed by atoms with Gasteiger partial charge in [0.1, 0.15) is 0 Å². The van der Waals surface area contributed by atoms with Crippen molar-refractivity contribution in [1.29, 1.82) is 0 Å². The fourth-order valence-electron chi connectivity index (χ4n) is 11.3. The maximum atomic E-state index is 11.8. The number of hydrogen-bond acceptors (Lipinski definition) is 4. The summed E-state index contributed by atoms with van der Waals surface area (Å²) < 4.78 is 0. The molecular weight excluding hydrogens is 424 g/mol. The van der Waals surface area contributed by atoms with Crippen molar-refractivity contribution in [3.8, 4) is 0 Å². The molecule has 4 nitrogen and oxygen atoms in total. The van der Waals surface area contributed by atoms with Gasteiger partial charge in [0.2, 0.25) is 0 Å². The van der Waals surface area contributed by atoms with Crippen molar-refractivity contribution in [1.82, 2.24) is 0 Å². The molecule has 4 N–H and O–H groups in total. The lowest BCUT2D eigenvalue weighted by molar-refractivity contribution is -0.208. The summed E-state index contributed by atoms with van der Waals surface area (Å²) in [5, 5.41) is 45.2. The molecule has 11 unspecified atom stereocenters. The van der Waals surface area contributed by atoms with Crippen LogP contribution >= 0.6 is 0 Å². The van der Waals surface area contributed by atoms with Gasteiger partial charge in [0.05, 0.1) is 24.9 Å². The van der Waals surface area contributed by atoms with Crippen LogP contribution in [0.15, 0.2) is 11.6 Å². The van der Waals surface area contributed by atoms with E-state index in [0.717, 1.165) is 32.1 Å². The first-order valence-corrected chi connectivity index (χ1v) is 14.1. The monoisotopic (exact) mass is 474 g/mol. The molecule has 0 heterocycles. The Morgan fingerprint density at radius 1 is 0.912 bits per heavy atom. The van der Waals surface area contributed by atoms with Gasteiger partial charge in [-0.2, -0.15) is 0 Å². The van der Waals surface area contributed by atoms with Crippen LogP contribution in [-0.4, -0.2) is 45.3 Å². The Kier molecular flexibility index (Phi) is 5.61. The SMILES string of the molecule is CC(C)C1CC(O)C2C1(C)CCC1(C)C3C(=CCC21C)C1(CO)CCC(O)C(C)(C)C1CC3O. The van der Waals surface area contributed by atoms with Crippen molar-refractivity contribution in [2.75, 3.05) is 6.61 Å². The molecule has 0 amide bonds. The van der Waals surface area contributed by atoms with E-state index in [1.165, 1.54) is 5.57 Å². The Hall–Kier alpha value is -0.420. The van der Waals surface area contributed by atoms with Gasteiger partial charge in [0.25, 0.3) is 0 Å². The van der Waals surface area contributed by atoms with Gasteiger partial charge >= 0.3 is 0 Å². The molecule has 0 aromatic heterocycles. The summed E-state index contributed by atoms with van der Waals surface area (Å²) in [4.78, 5) is 0. The highest BCUT2D eigenvalue weighted by Gasteiger charge is 2.72. The molecule has 5 aliphatic carbocycles. The van der Waals surface area contributed by atoms with Gasteiger partial charge < -0.3 is 20.4 Å². The first-order chi connectivity index (χ1) is 15.7. The third kappa shape index (κ3) is 2.81. The summed E-state index contributed by atoms with van der Waals surface area (Å²) in [5.74, 6) is 1.39. The lowest BCUT2D eigenvalue weighted by Gasteiger charge is -2.70. The highest BCUT2D eigenvalue weighted by molar-refractivity contribution is 5.35. The van der Waals surface area contributed by atoms with Gasteiger partial charge in [-0.3, -0.25) is 0 Å². The predicted molar refractivity (Wildman–Crippen MR) is 135 cm³/mol. The van der Waals surface area contributed by atoms with Crippen LogP contribution in [0.3, 0.4) is 0 Å². The largest absolute Gasteiger partial charge is 0.395 e. The van der Waals surface area contributed by atoms with Crippen LogP contribution in [0.1, 0.15) is 93.4 Å². The molecule has 5 aliphatic rings. The molecule has 4 saturated carbocycles. The second-order valence-corrected chi connectivity index (χ2v) is 14.9. The van der Waals surface area contributed by atoms with E-state index in [1.54, 1.807) is 0 Å². The summed E-state index contributed by atoms with van der Waals surface area (Å²) in [6.45, 7) is 16.2. The summed E-state index contributed by atoms with van der Waals surface area (Å²) in [6, 6.07) is 0. The van der Waals surface area contributed by atoms with Crippen LogP contribution in [0.2, 0.25) is 0 Å². The van der Waals surface area contributed by atoms with E-state index in [1.807, 2.05) is 0 Å². The van der Waals surface area contributed by atoms with Crippen molar-refractivity contribution >= 4 is 0 Å². The first-order valence-electron chi connectivity index (χ1n) is 14.1. The van der Waals surface area contributed by atoms with Crippen molar-refractivity contribution < 1.29 is 20.4 Å². The summed E-state index contributed by atoms with van der Waals surface area (Å²) in [6.07, 6.45) is 7.31. The highest BCUT2D eigenvalue weighted by Crippen LogP contribution is 2.76. The molecule has 0 radical (unpaired) electrons. The van der Waals surface area contributed by atoms with Gasteiger partial charge in [0, 0.05) is 11.3 Å². The predicted octanol–water partition coefficient (Wildman–Crippen LogP) is 4.94. The van der Waals surface area contributed by atoms with Crippen LogP contribution in [0.5, 0.6) is 0 Å².